The number of benzene rings is 2. The summed E-state index contributed by atoms with van der Waals surface area (Å²) in [7, 11) is 0. The third-order valence-corrected chi connectivity index (χ3v) is 4.09. The van der Waals surface area contributed by atoms with Gasteiger partial charge in [0, 0.05) is 12.8 Å². The minimum Gasteiger partial charge on any atom is -0.487 e. The molecule has 1 aliphatic heterocycles. The summed E-state index contributed by atoms with van der Waals surface area (Å²) in [4.78, 5) is 24.7. The van der Waals surface area contributed by atoms with E-state index in [2.05, 4.69) is 0 Å². The number of anilines is 1. The molecule has 118 valence electrons. The molecule has 5 heteroatoms. The molecule has 1 aliphatic rings. The first-order valence-electron chi connectivity index (χ1n) is 7.39. The monoisotopic (exact) mass is 329 g/mol. The molecule has 0 spiro atoms. The zero-order chi connectivity index (χ0) is 16.4. The van der Waals surface area contributed by atoms with Crippen molar-refractivity contribution in [3.8, 4) is 5.75 Å². The van der Waals surface area contributed by atoms with Gasteiger partial charge in [-0.2, -0.15) is 0 Å². The second-order valence-electron chi connectivity index (χ2n) is 5.46. The summed E-state index contributed by atoms with van der Waals surface area (Å²) in [5.74, 6) is 0.375. The van der Waals surface area contributed by atoms with E-state index in [1.54, 1.807) is 18.2 Å². The molecule has 0 aromatic heterocycles. The van der Waals surface area contributed by atoms with Gasteiger partial charge < -0.3 is 4.74 Å². The molecule has 2 aromatic carbocycles. The van der Waals surface area contributed by atoms with E-state index in [-0.39, 0.29) is 24.7 Å². The fraction of sp³-hybridized carbons (Fsp3) is 0.222. The van der Waals surface area contributed by atoms with Crippen LogP contribution in [0.25, 0.3) is 0 Å². The van der Waals surface area contributed by atoms with Gasteiger partial charge in [-0.25, -0.2) is 0 Å². The molecule has 1 saturated heterocycles. The van der Waals surface area contributed by atoms with Gasteiger partial charge in [0.05, 0.1) is 10.7 Å². The van der Waals surface area contributed by atoms with Crippen LogP contribution in [0, 0.1) is 6.92 Å². The van der Waals surface area contributed by atoms with E-state index in [0.717, 1.165) is 11.1 Å². The number of amides is 2. The summed E-state index contributed by atoms with van der Waals surface area (Å²) in [6.07, 6.45) is 0.574. The maximum atomic E-state index is 11.7. The van der Waals surface area contributed by atoms with Crippen LogP contribution >= 0.6 is 11.6 Å². The van der Waals surface area contributed by atoms with Crippen LogP contribution in [0.5, 0.6) is 5.75 Å². The van der Waals surface area contributed by atoms with E-state index in [0.29, 0.717) is 23.1 Å². The minimum absolute atomic E-state index is 0.148. The zero-order valence-corrected chi connectivity index (χ0v) is 13.5. The number of nitrogens with zero attached hydrogens (tertiary/aromatic N) is 1. The highest BCUT2D eigenvalue weighted by Crippen LogP contribution is 2.29. The Morgan fingerprint density at radius 1 is 1.04 bits per heavy atom. The molecular formula is C18H16ClNO3. The second-order valence-corrected chi connectivity index (χ2v) is 5.87. The summed E-state index contributed by atoms with van der Waals surface area (Å²) in [5.41, 5.74) is 2.52. The normalized spacial score (nSPS) is 14.4. The number of carbonyl (C=O) groups is 2. The predicted octanol–water partition coefficient (Wildman–Crippen LogP) is 3.88. The van der Waals surface area contributed by atoms with Gasteiger partial charge in [-0.3, -0.25) is 14.5 Å². The quantitative estimate of drug-likeness (QED) is 0.800. The van der Waals surface area contributed by atoms with Crippen molar-refractivity contribution < 1.29 is 14.3 Å². The van der Waals surface area contributed by atoms with Gasteiger partial charge in [-0.05, 0) is 36.2 Å². The average Bonchev–Trinajstić information content (AvgIpc) is 2.87. The topological polar surface area (TPSA) is 46.6 Å². The second kappa shape index (κ2) is 6.42. The van der Waals surface area contributed by atoms with E-state index < -0.39 is 0 Å². The number of imide groups is 1. The van der Waals surface area contributed by atoms with E-state index in [1.165, 1.54) is 4.90 Å². The van der Waals surface area contributed by atoms with Gasteiger partial charge in [0.1, 0.15) is 12.4 Å². The van der Waals surface area contributed by atoms with Gasteiger partial charge in [0.25, 0.3) is 0 Å². The smallest absolute Gasteiger partial charge is 0.234 e. The third kappa shape index (κ3) is 3.22. The van der Waals surface area contributed by atoms with Crippen LogP contribution in [0.2, 0.25) is 5.02 Å². The Bertz CT molecular complexity index is 719. The van der Waals surface area contributed by atoms with E-state index >= 15 is 0 Å². The highest BCUT2D eigenvalue weighted by Gasteiger charge is 2.29. The van der Waals surface area contributed by atoms with Crippen molar-refractivity contribution >= 4 is 29.1 Å². The lowest BCUT2D eigenvalue weighted by Crippen LogP contribution is -2.28. The van der Waals surface area contributed by atoms with Crippen molar-refractivity contribution in [2.45, 2.75) is 26.4 Å². The van der Waals surface area contributed by atoms with Crippen molar-refractivity contribution in [3.05, 3.63) is 58.6 Å². The van der Waals surface area contributed by atoms with Crippen molar-refractivity contribution in [1.82, 2.24) is 0 Å². The van der Waals surface area contributed by atoms with Crippen LogP contribution in [-0.2, 0) is 16.2 Å². The van der Waals surface area contributed by atoms with Crippen LogP contribution < -0.4 is 9.64 Å². The Kier molecular flexibility index (Phi) is 4.35. The molecule has 0 atom stereocenters. The first-order valence-corrected chi connectivity index (χ1v) is 7.76. The van der Waals surface area contributed by atoms with Crippen molar-refractivity contribution in [2.75, 3.05) is 4.90 Å². The number of carbonyl (C=O) groups excluding carboxylic acids is 2. The molecule has 23 heavy (non-hydrogen) atoms. The van der Waals surface area contributed by atoms with Crippen molar-refractivity contribution in [2.24, 2.45) is 0 Å². The van der Waals surface area contributed by atoms with Crippen LogP contribution in [0.4, 0.5) is 5.69 Å². The first kappa shape index (κ1) is 15.6. The van der Waals surface area contributed by atoms with E-state index in [4.69, 9.17) is 16.3 Å². The Morgan fingerprint density at radius 3 is 2.30 bits per heavy atom. The third-order valence-electron chi connectivity index (χ3n) is 3.79. The maximum absolute atomic E-state index is 11.7. The van der Waals surface area contributed by atoms with Crippen LogP contribution in [0.3, 0.4) is 0 Å². The minimum atomic E-state index is -0.148. The van der Waals surface area contributed by atoms with E-state index in [1.807, 2.05) is 31.2 Å². The summed E-state index contributed by atoms with van der Waals surface area (Å²) >= 11 is 6.13. The van der Waals surface area contributed by atoms with Crippen LogP contribution in [-0.4, -0.2) is 11.8 Å². The molecule has 2 aromatic rings. The molecule has 1 fully saturated rings. The fourth-order valence-corrected chi connectivity index (χ4v) is 2.84. The number of hydrogen-bond acceptors (Lipinski definition) is 3. The molecule has 0 aliphatic carbocycles. The largest absolute Gasteiger partial charge is 0.487 e. The molecule has 1 heterocycles. The lowest BCUT2D eigenvalue weighted by Gasteiger charge is -2.15. The van der Waals surface area contributed by atoms with Gasteiger partial charge >= 0.3 is 0 Å². The van der Waals surface area contributed by atoms with Crippen LogP contribution in [0.1, 0.15) is 24.0 Å². The molecule has 0 saturated carbocycles. The highest BCUT2D eigenvalue weighted by atomic mass is 35.5. The number of ether oxygens (including phenoxy) is 1. The molecule has 0 N–H and O–H groups in total. The first-order chi connectivity index (χ1) is 11.1. The highest BCUT2D eigenvalue weighted by molar-refractivity contribution is 6.32. The molecule has 3 rings (SSSR count). The number of halogens is 1. The Balaban J connectivity index is 1.71. The molecule has 0 bridgehead atoms. The van der Waals surface area contributed by atoms with Crippen molar-refractivity contribution in [1.29, 1.82) is 0 Å². The van der Waals surface area contributed by atoms with Gasteiger partial charge in [0.15, 0.2) is 0 Å². The zero-order valence-electron chi connectivity index (χ0n) is 12.7. The molecule has 2 amide bonds. The Labute approximate surface area is 139 Å². The Morgan fingerprint density at radius 2 is 1.70 bits per heavy atom. The summed E-state index contributed by atoms with van der Waals surface area (Å²) < 4.78 is 5.78. The summed E-state index contributed by atoms with van der Waals surface area (Å²) in [6.45, 7) is 2.31. The predicted molar refractivity (Wildman–Crippen MR) is 88.7 cm³/mol. The lowest BCUT2D eigenvalue weighted by molar-refractivity contribution is -0.121. The number of para-hydroxylation sites is 1. The molecule has 4 nitrogen and oxygen atoms in total. The van der Waals surface area contributed by atoms with Crippen LogP contribution in [0.15, 0.2) is 42.5 Å². The van der Waals surface area contributed by atoms with Gasteiger partial charge in [-0.1, -0.05) is 35.9 Å². The maximum Gasteiger partial charge on any atom is 0.234 e. The Hall–Kier alpha value is -2.33. The standard InChI is InChI=1S/C18H16ClNO3/c1-12-3-2-4-15(19)18(12)23-11-13-5-7-14(8-6-13)20-16(21)9-10-17(20)22/h2-8H,9-11H2,1H3. The average molecular weight is 330 g/mol. The number of aryl methyl sites for hydroxylation is 1. The molecular weight excluding hydrogens is 314 g/mol. The number of hydrogen-bond donors (Lipinski definition) is 0. The fourth-order valence-electron chi connectivity index (χ4n) is 2.56. The molecule has 0 radical (unpaired) electrons. The van der Waals surface area contributed by atoms with Gasteiger partial charge in [-0.15, -0.1) is 0 Å². The summed E-state index contributed by atoms with van der Waals surface area (Å²) in [6, 6.07) is 12.8. The lowest BCUT2D eigenvalue weighted by atomic mass is 10.2. The van der Waals surface area contributed by atoms with E-state index in [9.17, 15) is 9.59 Å². The van der Waals surface area contributed by atoms with Crippen molar-refractivity contribution in [3.63, 3.8) is 0 Å². The SMILES string of the molecule is Cc1cccc(Cl)c1OCc1ccc(N2C(=O)CCC2=O)cc1. The number of rotatable bonds is 4. The summed E-state index contributed by atoms with van der Waals surface area (Å²) in [5, 5.41) is 0.579. The van der Waals surface area contributed by atoms with Gasteiger partial charge in [0.2, 0.25) is 11.8 Å². The molecule has 0 unspecified atom stereocenters.